The minimum absolute atomic E-state index is 0.0193. The molecule has 0 heterocycles. The monoisotopic (exact) mass is 300 g/mol. The first kappa shape index (κ1) is 15.1. The van der Waals surface area contributed by atoms with Crippen LogP contribution >= 0.6 is 0 Å². The van der Waals surface area contributed by atoms with E-state index in [0.29, 0.717) is 5.92 Å². The van der Waals surface area contributed by atoms with Gasteiger partial charge < -0.3 is 15.7 Å². The molecule has 3 N–H and O–H groups in total. The summed E-state index contributed by atoms with van der Waals surface area (Å²) in [6, 6.07) is 6.46. The molecule has 1 aromatic rings. The minimum atomic E-state index is -0.126. The number of aliphatic hydroxyl groups is 1. The molecule has 0 radical (unpaired) electrons. The smallest absolute Gasteiger partial charge is 0.315 e. The number of hydrogen-bond donors (Lipinski definition) is 3. The van der Waals surface area contributed by atoms with Crippen LogP contribution in [0.1, 0.15) is 36.1 Å². The molecule has 0 fully saturated rings. The van der Waals surface area contributed by atoms with Gasteiger partial charge in [0, 0.05) is 18.6 Å². The maximum Gasteiger partial charge on any atom is 0.315 e. The van der Waals surface area contributed by atoms with E-state index in [2.05, 4.69) is 42.7 Å². The summed E-state index contributed by atoms with van der Waals surface area (Å²) in [5, 5.41) is 15.3. The molecule has 0 unspecified atom stereocenters. The fourth-order valence-corrected chi connectivity index (χ4v) is 3.55. The van der Waals surface area contributed by atoms with Crippen LogP contribution in [0.15, 0.2) is 30.4 Å². The maximum absolute atomic E-state index is 12.3. The zero-order valence-corrected chi connectivity index (χ0v) is 13.2. The molecule has 118 valence electrons. The average molecular weight is 300 g/mol. The van der Waals surface area contributed by atoms with Gasteiger partial charge in [-0.1, -0.05) is 42.8 Å². The van der Waals surface area contributed by atoms with Gasteiger partial charge in [-0.25, -0.2) is 4.79 Å². The molecule has 0 spiro atoms. The van der Waals surface area contributed by atoms with Gasteiger partial charge in [0.1, 0.15) is 0 Å². The van der Waals surface area contributed by atoms with Crippen LogP contribution in [0.5, 0.6) is 0 Å². The molecule has 0 saturated heterocycles. The first-order valence-electron chi connectivity index (χ1n) is 8.02. The SMILES string of the molecule is Cc1ccc2c(c1)[C@H](NC(=O)N[C@@H]1C=C[C@H](CO)C1)[C@H](C)C2. The molecule has 2 aliphatic rings. The number of amides is 2. The third-order valence-corrected chi connectivity index (χ3v) is 4.76. The number of nitrogens with one attached hydrogen (secondary N) is 2. The second-order valence-electron chi connectivity index (χ2n) is 6.65. The average Bonchev–Trinajstić information content (AvgIpc) is 3.05. The lowest BCUT2D eigenvalue weighted by atomic mass is 10.0. The lowest BCUT2D eigenvalue weighted by molar-refractivity contribution is 0.226. The van der Waals surface area contributed by atoms with Crippen molar-refractivity contribution in [1.82, 2.24) is 10.6 Å². The van der Waals surface area contributed by atoms with Crippen molar-refractivity contribution in [3.63, 3.8) is 0 Å². The zero-order valence-electron chi connectivity index (χ0n) is 13.2. The van der Waals surface area contributed by atoms with Gasteiger partial charge in [0.15, 0.2) is 0 Å². The number of urea groups is 1. The van der Waals surface area contributed by atoms with Crippen molar-refractivity contribution in [3.05, 3.63) is 47.0 Å². The van der Waals surface area contributed by atoms with E-state index in [-0.39, 0.29) is 30.6 Å². The highest BCUT2D eigenvalue weighted by atomic mass is 16.3. The van der Waals surface area contributed by atoms with Crippen molar-refractivity contribution < 1.29 is 9.90 Å². The molecule has 0 aliphatic heterocycles. The molecule has 2 amide bonds. The normalized spacial score (nSPS) is 29.4. The van der Waals surface area contributed by atoms with E-state index in [0.717, 1.165) is 12.8 Å². The van der Waals surface area contributed by atoms with Gasteiger partial charge in [-0.2, -0.15) is 0 Å². The lowest BCUT2D eigenvalue weighted by Crippen LogP contribution is -2.43. The Bertz CT molecular complexity index is 597. The number of fused-ring (bicyclic) bond motifs is 1. The van der Waals surface area contributed by atoms with Crippen LogP contribution in [0.2, 0.25) is 0 Å². The highest BCUT2D eigenvalue weighted by Gasteiger charge is 2.31. The van der Waals surface area contributed by atoms with Crippen molar-refractivity contribution in [3.8, 4) is 0 Å². The fraction of sp³-hybridized carbons (Fsp3) is 0.500. The quantitative estimate of drug-likeness (QED) is 0.751. The molecule has 2 aliphatic carbocycles. The van der Waals surface area contributed by atoms with E-state index in [1.54, 1.807) is 0 Å². The van der Waals surface area contributed by atoms with Crippen LogP contribution in [0.25, 0.3) is 0 Å². The molecule has 22 heavy (non-hydrogen) atoms. The van der Waals surface area contributed by atoms with Crippen molar-refractivity contribution in [2.75, 3.05) is 6.61 Å². The Hall–Kier alpha value is -1.81. The van der Waals surface area contributed by atoms with Gasteiger partial charge in [-0.15, -0.1) is 0 Å². The predicted molar refractivity (Wildman–Crippen MR) is 86.6 cm³/mol. The van der Waals surface area contributed by atoms with Gasteiger partial charge >= 0.3 is 6.03 Å². The Kier molecular flexibility index (Phi) is 4.21. The molecule has 1 aromatic carbocycles. The van der Waals surface area contributed by atoms with E-state index in [9.17, 15) is 4.79 Å². The summed E-state index contributed by atoms with van der Waals surface area (Å²) in [6.45, 7) is 4.40. The first-order valence-corrected chi connectivity index (χ1v) is 8.02. The number of rotatable bonds is 3. The van der Waals surface area contributed by atoms with Gasteiger partial charge in [0.05, 0.1) is 6.04 Å². The molecule has 4 nitrogen and oxygen atoms in total. The molecular weight excluding hydrogens is 276 g/mol. The van der Waals surface area contributed by atoms with Gasteiger partial charge in [-0.05, 0) is 36.8 Å². The number of carbonyl (C=O) groups is 1. The van der Waals surface area contributed by atoms with Crippen LogP contribution in [0, 0.1) is 18.8 Å². The van der Waals surface area contributed by atoms with Crippen LogP contribution in [0.4, 0.5) is 4.79 Å². The highest BCUT2D eigenvalue weighted by Crippen LogP contribution is 2.36. The molecule has 0 bridgehead atoms. The summed E-state index contributed by atoms with van der Waals surface area (Å²) in [5.41, 5.74) is 3.81. The molecule has 4 heteroatoms. The number of aliphatic hydroxyl groups excluding tert-OH is 1. The van der Waals surface area contributed by atoms with E-state index in [1.807, 2.05) is 12.2 Å². The predicted octanol–water partition coefficient (Wildman–Crippen LogP) is 2.46. The molecular formula is C18H24N2O2. The minimum Gasteiger partial charge on any atom is -0.396 e. The molecule has 0 saturated carbocycles. The Morgan fingerprint density at radius 3 is 2.86 bits per heavy atom. The highest BCUT2D eigenvalue weighted by molar-refractivity contribution is 5.75. The third-order valence-electron chi connectivity index (χ3n) is 4.76. The molecule has 4 atom stereocenters. The van der Waals surface area contributed by atoms with E-state index in [4.69, 9.17) is 5.11 Å². The second kappa shape index (κ2) is 6.13. The summed E-state index contributed by atoms with van der Waals surface area (Å²) in [7, 11) is 0. The Balaban J connectivity index is 1.63. The van der Waals surface area contributed by atoms with Gasteiger partial charge in [-0.3, -0.25) is 0 Å². The lowest BCUT2D eigenvalue weighted by Gasteiger charge is -2.21. The molecule has 0 aromatic heterocycles. The van der Waals surface area contributed by atoms with Crippen LogP contribution in [-0.4, -0.2) is 23.8 Å². The van der Waals surface area contributed by atoms with Crippen LogP contribution in [0.3, 0.4) is 0 Å². The van der Waals surface area contributed by atoms with Crippen molar-refractivity contribution in [2.24, 2.45) is 11.8 Å². The van der Waals surface area contributed by atoms with E-state index < -0.39 is 0 Å². The van der Waals surface area contributed by atoms with Crippen molar-refractivity contribution in [1.29, 1.82) is 0 Å². The summed E-state index contributed by atoms with van der Waals surface area (Å²) >= 11 is 0. The fourth-order valence-electron chi connectivity index (χ4n) is 3.55. The van der Waals surface area contributed by atoms with Gasteiger partial charge in [0.2, 0.25) is 0 Å². The van der Waals surface area contributed by atoms with Crippen molar-refractivity contribution in [2.45, 2.75) is 38.8 Å². The Morgan fingerprint density at radius 2 is 2.14 bits per heavy atom. The molecule has 3 rings (SSSR count). The zero-order chi connectivity index (χ0) is 15.7. The second-order valence-corrected chi connectivity index (χ2v) is 6.65. The standard InChI is InChI=1S/C18H24N2O2/c1-11-3-5-14-8-12(2)17(16(14)7-11)20-18(22)19-15-6-4-13(9-15)10-21/h3-7,12-13,15,17,21H,8-10H2,1-2H3,(H2,19,20,22)/t12-,13+,15-,17-/m1/s1. The number of benzene rings is 1. The van der Waals surface area contributed by atoms with Crippen LogP contribution in [-0.2, 0) is 6.42 Å². The number of hydrogen-bond acceptors (Lipinski definition) is 2. The number of carbonyl (C=O) groups excluding carboxylic acids is 1. The Labute approximate surface area is 131 Å². The number of aryl methyl sites for hydroxylation is 1. The van der Waals surface area contributed by atoms with Crippen molar-refractivity contribution >= 4 is 6.03 Å². The topological polar surface area (TPSA) is 61.4 Å². The summed E-state index contributed by atoms with van der Waals surface area (Å²) in [4.78, 5) is 12.3. The van der Waals surface area contributed by atoms with Gasteiger partial charge in [0.25, 0.3) is 0 Å². The van der Waals surface area contributed by atoms with E-state index in [1.165, 1.54) is 16.7 Å². The summed E-state index contributed by atoms with van der Waals surface area (Å²) in [6.07, 6.45) is 5.73. The Morgan fingerprint density at radius 1 is 1.32 bits per heavy atom. The summed E-state index contributed by atoms with van der Waals surface area (Å²) < 4.78 is 0. The van der Waals surface area contributed by atoms with E-state index >= 15 is 0 Å². The summed E-state index contributed by atoms with van der Waals surface area (Å²) in [5.74, 6) is 0.575. The van der Waals surface area contributed by atoms with Crippen LogP contribution < -0.4 is 10.6 Å². The largest absolute Gasteiger partial charge is 0.396 e. The first-order chi connectivity index (χ1) is 10.6. The maximum atomic E-state index is 12.3. The third kappa shape index (κ3) is 3.02.